The summed E-state index contributed by atoms with van der Waals surface area (Å²) in [6.45, 7) is 22.8. The van der Waals surface area contributed by atoms with Gasteiger partial charge in [-0.15, -0.1) is 0 Å². The third kappa shape index (κ3) is 4.12. The minimum absolute atomic E-state index is 0.880. The van der Waals surface area contributed by atoms with Crippen molar-refractivity contribution >= 4 is 16.1 Å². The van der Waals surface area contributed by atoms with E-state index in [4.69, 9.17) is 0 Å². The monoisotopic (exact) mass is 508 g/mol. The number of allylic oxidation sites excluding steroid dienone is 8. The molecule has 196 valence electrons. The molecule has 4 aliphatic rings. The smallest absolute Gasteiger partial charge is 0.0754 e. The standard InChI is InChI=1S/C33H56Si2/c1-10-34(11-2)27(9)23(5)24(6)32(34)33-26(8)25(7)31(35(33,12-3)13-4)30-21-19-29(20-22-30)28-17-15-14-16-18-28/h28-30H,10-22H2,1-9H3. The molecule has 0 spiro atoms. The first-order valence-electron chi connectivity index (χ1n) is 15.6. The molecule has 2 heterocycles. The Bertz CT molecular complexity index is 934. The van der Waals surface area contributed by atoms with Crippen molar-refractivity contribution in [3.05, 3.63) is 43.1 Å². The fourth-order valence-corrected chi connectivity index (χ4v) is 22.1. The maximum absolute atomic E-state index is 2.58. The Morgan fingerprint density at radius 1 is 0.514 bits per heavy atom. The van der Waals surface area contributed by atoms with Gasteiger partial charge in [-0.25, -0.2) is 0 Å². The molecule has 35 heavy (non-hydrogen) atoms. The predicted molar refractivity (Wildman–Crippen MR) is 162 cm³/mol. The molecule has 2 aliphatic heterocycles. The summed E-state index contributed by atoms with van der Waals surface area (Å²) in [5.74, 6) is 2.98. The van der Waals surface area contributed by atoms with Crippen LogP contribution < -0.4 is 0 Å². The lowest BCUT2D eigenvalue weighted by molar-refractivity contribution is 0.178. The quantitative estimate of drug-likeness (QED) is 0.300. The number of hydrogen-bond acceptors (Lipinski definition) is 0. The largest absolute Gasteiger partial charge is 0.113 e. The van der Waals surface area contributed by atoms with Crippen LogP contribution in [0.25, 0.3) is 0 Å². The summed E-state index contributed by atoms with van der Waals surface area (Å²) in [5.41, 5.74) is 6.85. The molecule has 2 aliphatic carbocycles. The van der Waals surface area contributed by atoms with Crippen LogP contribution in [0.15, 0.2) is 43.1 Å². The molecule has 0 aromatic rings. The first kappa shape index (κ1) is 27.4. The molecule has 0 nitrogen and oxygen atoms in total. The van der Waals surface area contributed by atoms with E-state index in [1.54, 1.807) is 22.3 Å². The molecule has 4 rings (SSSR count). The van der Waals surface area contributed by atoms with Crippen molar-refractivity contribution in [1.29, 1.82) is 0 Å². The second-order valence-corrected chi connectivity index (χ2v) is 22.3. The lowest BCUT2D eigenvalue weighted by atomic mass is 9.70. The third-order valence-electron chi connectivity index (χ3n) is 12.2. The number of rotatable bonds is 7. The molecule has 0 radical (unpaired) electrons. The normalized spacial score (nSPS) is 29.7. The molecule has 0 atom stereocenters. The van der Waals surface area contributed by atoms with Crippen LogP contribution in [0.4, 0.5) is 0 Å². The van der Waals surface area contributed by atoms with Crippen molar-refractivity contribution in [2.45, 2.75) is 144 Å². The Morgan fingerprint density at radius 3 is 1.49 bits per heavy atom. The molecule has 0 saturated heterocycles. The van der Waals surface area contributed by atoms with E-state index in [0.717, 1.165) is 17.8 Å². The highest BCUT2D eigenvalue weighted by atomic mass is 28.3. The lowest BCUT2D eigenvalue weighted by Gasteiger charge is -2.43. The summed E-state index contributed by atoms with van der Waals surface area (Å²) in [4.78, 5) is 0. The van der Waals surface area contributed by atoms with Crippen molar-refractivity contribution in [1.82, 2.24) is 0 Å². The lowest BCUT2D eigenvalue weighted by Crippen LogP contribution is -2.46. The summed E-state index contributed by atoms with van der Waals surface area (Å²) in [7, 11) is -3.29. The third-order valence-corrected chi connectivity index (χ3v) is 24.1. The maximum Gasteiger partial charge on any atom is 0.113 e. The van der Waals surface area contributed by atoms with E-state index >= 15 is 0 Å². The Kier molecular flexibility index (Phi) is 8.34. The second-order valence-electron chi connectivity index (χ2n) is 12.9. The Morgan fingerprint density at radius 2 is 0.971 bits per heavy atom. The molecule has 0 aromatic heterocycles. The van der Waals surface area contributed by atoms with Gasteiger partial charge in [-0.2, -0.15) is 0 Å². The molecule has 0 amide bonds. The highest BCUT2D eigenvalue weighted by Crippen LogP contribution is 2.57. The van der Waals surface area contributed by atoms with E-state index in [1.165, 1.54) is 82.0 Å². The Hall–Kier alpha value is -0.606. The van der Waals surface area contributed by atoms with Crippen LogP contribution in [0.1, 0.15) is 120 Å². The summed E-state index contributed by atoms with van der Waals surface area (Å²) in [6.07, 6.45) is 13.6. The van der Waals surface area contributed by atoms with Crippen molar-refractivity contribution in [3.8, 4) is 0 Å². The summed E-state index contributed by atoms with van der Waals surface area (Å²) < 4.78 is 0. The van der Waals surface area contributed by atoms with Crippen LogP contribution in [0.3, 0.4) is 0 Å². The molecule has 0 aromatic carbocycles. The van der Waals surface area contributed by atoms with Gasteiger partial charge in [0.05, 0.1) is 0 Å². The Labute approximate surface area is 220 Å². The van der Waals surface area contributed by atoms with Gasteiger partial charge in [0, 0.05) is 0 Å². The van der Waals surface area contributed by atoms with Gasteiger partial charge in [-0.1, -0.05) is 116 Å². The number of hydrogen-bond donors (Lipinski definition) is 0. The highest BCUT2D eigenvalue weighted by Gasteiger charge is 2.54. The van der Waals surface area contributed by atoms with Crippen LogP contribution in [0.2, 0.25) is 24.2 Å². The van der Waals surface area contributed by atoms with E-state index in [-0.39, 0.29) is 0 Å². The average Bonchev–Trinajstić information content (AvgIpc) is 3.23. The van der Waals surface area contributed by atoms with Gasteiger partial charge < -0.3 is 0 Å². The van der Waals surface area contributed by atoms with Crippen molar-refractivity contribution in [2.24, 2.45) is 17.8 Å². The van der Waals surface area contributed by atoms with Crippen LogP contribution in [0, 0.1) is 17.8 Å². The summed E-state index contributed by atoms with van der Waals surface area (Å²) >= 11 is 0. The second kappa shape index (κ2) is 10.6. The first-order chi connectivity index (χ1) is 16.7. The molecular weight excluding hydrogens is 453 g/mol. The molecule has 0 N–H and O–H groups in total. The van der Waals surface area contributed by atoms with E-state index in [2.05, 4.69) is 62.3 Å². The SMILES string of the molecule is CC[Si]1(CC)C(C)=C(C)C(C)=C1C1=C(C)C(C)=C(C2CCC(C3CCCCC3)CC2)[Si]1(CC)CC. The molecule has 2 saturated carbocycles. The molecule has 2 heteroatoms. The summed E-state index contributed by atoms with van der Waals surface area (Å²) in [5, 5.41) is 7.75. The maximum atomic E-state index is 2.58. The van der Waals surface area contributed by atoms with Gasteiger partial charge in [0.25, 0.3) is 0 Å². The molecule has 2 fully saturated rings. The zero-order valence-corrected chi connectivity index (χ0v) is 26.9. The fourth-order valence-electron chi connectivity index (χ4n) is 9.77. The topological polar surface area (TPSA) is 0 Å². The van der Waals surface area contributed by atoms with E-state index in [0.29, 0.717) is 0 Å². The minimum Gasteiger partial charge on any atom is -0.0754 e. The van der Waals surface area contributed by atoms with Crippen molar-refractivity contribution in [3.63, 3.8) is 0 Å². The van der Waals surface area contributed by atoms with Crippen molar-refractivity contribution < 1.29 is 0 Å². The van der Waals surface area contributed by atoms with Gasteiger partial charge in [-0.05, 0) is 89.2 Å². The van der Waals surface area contributed by atoms with E-state index < -0.39 is 16.1 Å². The van der Waals surface area contributed by atoms with Gasteiger partial charge in [0.1, 0.15) is 16.1 Å². The fraction of sp³-hybridized carbons (Fsp3) is 0.758. The van der Waals surface area contributed by atoms with E-state index in [1.807, 2.05) is 20.8 Å². The van der Waals surface area contributed by atoms with Crippen LogP contribution in [-0.4, -0.2) is 16.1 Å². The van der Waals surface area contributed by atoms with Crippen LogP contribution in [0.5, 0.6) is 0 Å². The first-order valence-corrected chi connectivity index (χ1v) is 20.4. The van der Waals surface area contributed by atoms with E-state index in [9.17, 15) is 0 Å². The van der Waals surface area contributed by atoms with Gasteiger partial charge >= 0.3 is 0 Å². The zero-order valence-electron chi connectivity index (χ0n) is 24.9. The van der Waals surface area contributed by atoms with Crippen molar-refractivity contribution in [2.75, 3.05) is 0 Å². The zero-order chi connectivity index (χ0) is 25.5. The van der Waals surface area contributed by atoms with Gasteiger partial charge in [-0.3, -0.25) is 0 Å². The van der Waals surface area contributed by atoms with Gasteiger partial charge in [0.2, 0.25) is 0 Å². The highest BCUT2D eigenvalue weighted by molar-refractivity contribution is 7.02. The predicted octanol–water partition coefficient (Wildman–Crippen LogP) is 10.8. The summed E-state index contributed by atoms with van der Waals surface area (Å²) in [6, 6.07) is 5.60. The Balaban J connectivity index is 1.70. The van der Waals surface area contributed by atoms with Gasteiger partial charge in [0.15, 0.2) is 0 Å². The van der Waals surface area contributed by atoms with Crippen LogP contribution >= 0.6 is 0 Å². The molecular formula is C33H56Si2. The minimum atomic E-state index is -1.69. The molecule has 0 bridgehead atoms. The molecule has 0 unspecified atom stereocenters. The van der Waals surface area contributed by atoms with Crippen LogP contribution in [-0.2, 0) is 0 Å². The average molecular weight is 509 g/mol.